The number of aliphatic hydroxyl groups excluding tert-OH is 1. The molecule has 1 fully saturated rings. The molecule has 1 unspecified atom stereocenters. The fraction of sp³-hybridized carbons (Fsp3) is 0.810. The molecule has 0 aromatic carbocycles. The molecule has 0 heterocycles. The van der Waals surface area contributed by atoms with Crippen molar-refractivity contribution >= 4 is 11.8 Å². The van der Waals surface area contributed by atoms with Crippen molar-refractivity contribution < 1.29 is 28.6 Å². The maximum Gasteiger partial charge on any atom is 0.332 e. The minimum absolute atomic E-state index is 0.0716. The third kappa shape index (κ3) is 7.32. The van der Waals surface area contributed by atoms with Gasteiger partial charge in [0, 0.05) is 17.8 Å². The van der Waals surface area contributed by atoms with Crippen LogP contribution in [0.3, 0.4) is 0 Å². The molecule has 0 aromatic rings. The lowest BCUT2D eigenvalue weighted by molar-refractivity contribution is -0.146. The van der Waals surface area contributed by atoms with Crippen molar-refractivity contribution in [3.05, 3.63) is 12.2 Å². The average Bonchev–Trinajstić information content (AvgIpc) is 2.94. The van der Waals surface area contributed by atoms with Crippen molar-refractivity contribution in [1.29, 1.82) is 0 Å². The van der Waals surface area contributed by atoms with Gasteiger partial charge in [-0.25, -0.2) is 13.6 Å². The fourth-order valence-corrected chi connectivity index (χ4v) is 4.02. The summed E-state index contributed by atoms with van der Waals surface area (Å²) in [4.78, 5) is 22.8. The number of carboxylic acids is 1. The van der Waals surface area contributed by atoms with E-state index in [1.807, 2.05) is 0 Å². The molecule has 0 radical (unpaired) electrons. The second kappa shape index (κ2) is 12.2. The van der Waals surface area contributed by atoms with E-state index in [1.165, 1.54) is 6.42 Å². The van der Waals surface area contributed by atoms with Gasteiger partial charge in [-0.1, -0.05) is 57.6 Å². The van der Waals surface area contributed by atoms with E-state index in [0.717, 1.165) is 32.1 Å². The number of aliphatic hydroxyl groups is 1. The largest absolute Gasteiger partial charge is 0.479 e. The van der Waals surface area contributed by atoms with E-state index in [0.29, 0.717) is 12.8 Å². The predicted molar refractivity (Wildman–Crippen MR) is 101 cm³/mol. The van der Waals surface area contributed by atoms with Crippen LogP contribution >= 0.6 is 0 Å². The molecule has 1 aliphatic rings. The van der Waals surface area contributed by atoms with Crippen LogP contribution in [0.5, 0.6) is 0 Å². The summed E-state index contributed by atoms with van der Waals surface area (Å²) in [5.74, 6) is -2.02. The van der Waals surface area contributed by atoms with E-state index in [-0.39, 0.29) is 31.5 Å². The normalized spacial score (nSPS) is 24.2. The molecule has 0 saturated heterocycles. The first-order valence-electron chi connectivity index (χ1n) is 10.2. The standard InChI is InChI=1S/C21H34F2O4/c1-2-3-4-5-6-10-14-21(20(22)23)15-13-17(24)16(21)11-8-7-9-12-18(25)19(26)27/h7-8,16,18,20,25H,2-6,9-15H2,1H3,(H,26,27)/t16-,18?,21+/m0/s1. The lowest BCUT2D eigenvalue weighted by atomic mass is 9.72. The SMILES string of the molecule is CCCCCCCC[C@@]1(C(F)F)CCC(=O)[C@@H]1CC=CCCC(O)C(=O)O. The van der Waals surface area contributed by atoms with Gasteiger partial charge in [0.1, 0.15) is 5.78 Å². The molecule has 3 atom stereocenters. The van der Waals surface area contributed by atoms with Crippen LogP contribution in [0.2, 0.25) is 0 Å². The number of allylic oxidation sites excluding steroid dienone is 2. The monoisotopic (exact) mass is 388 g/mol. The molecule has 0 aromatic heterocycles. The maximum absolute atomic E-state index is 13.9. The van der Waals surface area contributed by atoms with E-state index >= 15 is 0 Å². The van der Waals surface area contributed by atoms with Crippen LogP contribution in [-0.4, -0.2) is 34.5 Å². The number of carbonyl (C=O) groups excluding carboxylic acids is 1. The smallest absolute Gasteiger partial charge is 0.332 e. The highest BCUT2D eigenvalue weighted by atomic mass is 19.3. The Morgan fingerprint density at radius 1 is 1.22 bits per heavy atom. The Bertz CT molecular complexity index is 493. The van der Waals surface area contributed by atoms with Crippen molar-refractivity contribution in [2.75, 3.05) is 0 Å². The Hall–Kier alpha value is -1.30. The summed E-state index contributed by atoms with van der Waals surface area (Å²) >= 11 is 0. The van der Waals surface area contributed by atoms with Crippen molar-refractivity contribution in [2.45, 2.75) is 96.5 Å². The lowest BCUT2D eigenvalue weighted by Crippen LogP contribution is -2.35. The van der Waals surface area contributed by atoms with Crippen molar-refractivity contribution in [3.8, 4) is 0 Å². The molecular formula is C21H34F2O4. The number of halogens is 2. The number of unbranched alkanes of at least 4 members (excludes halogenated alkanes) is 5. The molecule has 27 heavy (non-hydrogen) atoms. The number of Topliss-reactive ketones (excluding diaryl/α,β-unsaturated/α-hetero) is 1. The Labute approximate surface area is 161 Å². The lowest BCUT2D eigenvalue weighted by Gasteiger charge is -2.33. The summed E-state index contributed by atoms with van der Waals surface area (Å²) in [6.07, 6.45) is 7.15. The average molecular weight is 388 g/mol. The van der Waals surface area contributed by atoms with Crippen LogP contribution in [0.1, 0.15) is 84.0 Å². The number of carboxylic acid groups (broad SMARTS) is 1. The van der Waals surface area contributed by atoms with Gasteiger partial charge in [-0.2, -0.15) is 0 Å². The summed E-state index contributed by atoms with van der Waals surface area (Å²) in [7, 11) is 0. The topological polar surface area (TPSA) is 74.6 Å². The maximum atomic E-state index is 13.9. The highest BCUT2D eigenvalue weighted by Crippen LogP contribution is 2.51. The quantitative estimate of drug-likeness (QED) is 0.319. The van der Waals surface area contributed by atoms with Crippen molar-refractivity contribution in [1.82, 2.24) is 0 Å². The Morgan fingerprint density at radius 3 is 2.52 bits per heavy atom. The molecular weight excluding hydrogens is 354 g/mol. The summed E-state index contributed by atoms with van der Waals surface area (Å²) in [5, 5.41) is 17.8. The minimum Gasteiger partial charge on any atom is -0.479 e. The molecule has 0 amide bonds. The second-order valence-corrected chi connectivity index (χ2v) is 7.71. The highest BCUT2D eigenvalue weighted by Gasteiger charge is 2.52. The van der Waals surface area contributed by atoms with E-state index < -0.39 is 29.8 Å². The second-order valence-electron chi connectivity index (χ2n) is 7.71. The number of hydrogen-bond acceptors (Lipinski definition) is 3. The number of aliphatic carboxylic acids is 1. The van der Waals surface area contributed by atoms with Crippen molar-refractivity contribution in [2.24, 2.45) is 11.3 Å². The molecule has 1 aliphatic carbocycles. The number of rotatable bonds is 14. The van der Waals surface area contributed by atoms with E-state index in [9.17, 15) is 23.5 Å². The van der Waals surface area contributed by atoms with Crippen LogP contribution in [0, 0.1) is 11.3 Å². The molecule has 1 saturated carbocycles. The number of carbonyl (C=O) groups is 2. The number of ketones is 1. The molecule has 6 heteroatoms. The minimum atomic E-state index is -2.51. The Kier molecular flexibility index (Phi) is 10.7. The van der Waals surface area contributed by atoms with Crippen LogP contribution < -0.4 is 0 Å². The van der Waals surface area contributed by atoms with Crippen LogP contribution in [0.25, 0.3) is 0 Å². The fourth-order valence-electron chi connectivity index (χ4n) is 4.02. The van der Waals surface area contributed by atoms with Gasteiger partial charge < -0.3 is 10.2 Å². The van der Waals surface area contributed by atoms with Crippen LogP contribution in [-0.2, 0) is 9.59 Å². The zero-order chi connectivity index (χ0) is 20.3. The molecule has 0 bridgehead atoms. The van der Waals surface area contributed by atoms with Crippen molar-refractivity contribution in [3.63, 3.8) is 0 Å². The molecule has 0 spiro atoms. The highest BCUT2D eigenvalue weighted by molar-refractivity contribution is 5.84. The van der Waals surface area contributed by atoms with Gasteiger partial charge in [0.2, 0.25) is 6.43 Å². The van der Waals surface area contributed by atoms with Gasteiger partial charge in [-0.15, -0.1) is 0 Å². The van der Waals surface area contributed by atoms with Gasteiger partial charge in [-0.3, -0.25) is 4.79 Å². The van der Waals surface area contributed by atoms with Gasteiger partial charge in [-0.05, 0) is 32.1 Å². The summed E-state index contributed by atoms with van der Waals surface area (Å²) in [6, 6.07) is 0. The Morgan fingerprint density at radius 2 is 1.89 bits per heavy atom. The zero-order valence-electron chi connectivity index (χ0n) is 16.3. The van der Waals surface area contributed by atoms with Gasteiger partial charge in [0.25, 0.3) is 0 Å². The Balaban J connectivity index is 2.57. The number of alkyl halides is 2. The summed E-state index contributed by atoms with van der Waals surface area (Å²) in [6.45, 7) is 2.14. The van der Waals surface area contributed by atoms with Crippen LogP contribution in [0.15, 0.2) is 12.2 Å². The molecule has 2 N–H and O–H groups in total. The molecule has 0 aliphatic heterocycles. The van der Waals surface area contributed by atoms with E-state index in [1.54, 1.807) is 12.2 Å². The predicted octanol–water partition coefficient (Wildman–Crippen LogP) is 5.14. The molecule has 1 rings (SSSR count). The molecule has 4 nitrogen and oxygen atoms in total. The van der Waals surface area contributed by atoms with E-state index in [2.05, 4.69) is 6.92 Å². The zero-order valence-corrected chi connectivity index (χ0v) is 16.3. The molecule has 156 valence electrons. The third-order valence-electron chi connectivity index (χ3n) is 5.78. The summed E-state index contributed by atoms with van der Waals surface area (Å²) < 4.78 is 27.9. The van der Waals surface area contributed by atoms with Crippen LogP contribution in [0.4, 0.5) is 8.78 Å². The first kappa shape index (κ1) is 23.7. The first-order chi connectivity index (χ1) is 12.8. The van der Waals surface area contributed by atoms with Gasteiger partial charge in [0.05, 0.1) is 0 Å². The van der Waals surface area contributed by atoms with E-state index in [4.69, 9.17) is 5.11 Å². The third-order valence-corrected chi connectivity index (χ3v) is 5.78. The van der Waals surface area contributed by atoms with Gasteiger partial charge >= 0.3 is 5.97 Å². The first-order valence-corrected chi connectivity index (χ1v) is 10.2. The van der Waals surface area contributed by atoms with Gasteiger partial charge in [0.15, 0.2) is 6.10 Å². The number of hydrogen-bond donors (Lipinski definition) is 2. The summed E-state index contributed by atoms with van der Waals surface area (Å²) in [5.41, 5.74) is -1.22.